The lowest BCUT2D eigenvalue weighted by Crippen LogP contribution is -2.58. The van der Waals surface area contributed by atoms with Gasteiger partial charge in [0, 0.05) is 12.3 Å². The van der Waals surface area contributed by atoms with Crippen molar-refractivity contribution in [3.63, 3.8) is 0 Å². The fraction of sp³-hybridized carbons (Fsp3) is 0.364. The Bertz CT molecular complexity index is 698. The number of rotatable bonds is 6. The van der Waals surface area contributed by atoms with Crippen LogP contribution in [0.25, 0.3) is 0 Å². The number of benzene rings is 2. The van der Waals surface area contributed by atoms with E-state index in [0.29, 0.717) is 19.3 Å². The number of carbonyl (C=O) groups is 2. The Morgan fingerprint density at radius 3 is 1.85 bits per heavy atom. The van der Waals surface area contributed by atoms with Gasteiger partial charge in [0.05, 0.1) is 0 Å². The number of amides is 2. The van der Waals surface area contributed by atoms with Crippen LogP contribution in [-0.2, 0) is 9.59 Å². The monoisotopic (exact) mass is 350 g/mol. The predicted molar refractivity (Wildman–Crippen MR) is 102 cm³/mol. The zero-order chi connectivity index (χ0) is 18.4. The summed E-state index contributed by atoms with van der Waals surface area (Å²) in [5.74, 6) is -0.587. The molecule has 0 unspecified atom stereocenters. The maximum Gasteiger partial charge on any atom is 0.243 e. The minimum Gasteiger partial charge on any atom is -0.368 e. The van der Waals surface area contributed by atoms with E-state index in [4.69, 9.17) is 5.73 Å². The highest BCUT2D eigenvalue weighted by molar-refractivity contribution is 5.90. The minimum absolute atomic E-state index is 0.0501. The van der Waals surface area contributed by atoms with E-state index in [9.17, 15) is 9.59 Å². The fourth-order valence-electron chi connectivity index (χ4n) is 3.89. The second kappa shape index (κ2) is 8.17. The fourth-order valence-corrected chi connectivity index (χ4v) is 3.89. The van der Waals surface area contributed by atoms with Crippen molar-refractivity contribution in [2.45, 2.75) is 50.0 Å². The van der Waals surface area contributed by atoms with Crippen molar-refractivity contribution in [3.8, 4) is 0 Å². The zero-order valence-corrected chi connectivity index (χ0v) is 15.0. The molecular weight excluding hydrogens is 324 g/mol. The van der Waals surface area contributed by atoms with E-state index in [2.05, 4.69) is 5.32 Å². The number of hydrogen-bond donors (Lipinski definition) is 2. The molecule has 4 heteroatoms. The van der Waals surface area contributed by atoms with Gasteiger partial charge in [-0.15, -0.1) is 0 Å². The molecule has 1 aliphatic carbocycles. The molecule has 1 aliphatic rings. The van der Waals surface area contributed by atoms with Gasteiger partial charge in [0.15, 0.2) is 0 Å². The molecule has 4 nitrogen and oxygen atoms in total. The summed E-state index contributed by atoms with van der Waals surface area (Å²) in [7, 11) is 0. The molecule has 0 spiro atoms. The Labute approximate surface area is 154 Å². The molecule has 2 aromatic carbocycles. The standard InChI is InChI=1S/C22H26N2O2/c23-21(26)22(14-8-3-9-15-22)24-20(25)16-19(17-10-4-1-5-11-17)18-12-6-2-7-13-18/h1-2,4-7,10-13,19H,3,8-9,14-16H2,(H2,23,26)(H,24,25). The van der Waals surface area contributed by atoms with Crippen LogP contribution in [0.2, 0.25) is 0 Å². The summed E-state index contributed by atoms with van der Waals surface area (Å²) < 4.78 is 0. The Morgan fingerprint density at radius 2 is 1.38 bits per heavy atom. The third-order valence-electron chi connectivity index (χ3n) is 5.35. The maximum absolute atomic E-state index is 12.9. The van der Waals surface area contributed by atoms with Gasteiger partial charge in [-0.1, -0.05) is 79.9 Å². The van der Waals surface area contributed by atoms with Gasteiger partial charge < -0.3 is 11.1 Å². The molecule has 0 aromatic heterocycles. The van der Waals surface area contributed by atoms with Crippen LogP contribution >= 0.6 is 0 Å². The smallest absolute Gasteiger partial charge is 0.243 e. The van der Waals surface area contributed by atoms with Crippen molar-refractivity contribution >= 4 is 11.8 Å². The lowest BCUT2D eigenvalue weighted by molar-refractivity contribution is -0.133. The van der Waals surface area contributed by atoms with Gasteiger partial charge in [0.25, 0.3) is 0 Å². The van der Waals surface area contributed by atoms with Crippen LogP contribution in [0.1, 0.15) is 55.6 Å². The van der Waals surface area contributed by atoms with Gasteiger partial charge in [-0.2, -0.15) is 0 Å². The quantitative estimate of drug-likeness (QED) is 0.837. The predicted octanol–water partition coefficient (Wildman–Crippen LogP) is 3.51. The maximum atomic E-state index is 12.9. The lowest BCUT2D eigenvalue weighted by Gasteiger charge is -2.35. The van der Waals surface area contributed by atoms with Gasteiger partial charge in [-0.3, -0.25) is 9.59 Å². The van der Waals surface area contributed by atoms with E-state index in [1.54, 1.807) is 0 Å². The van der Waals surface area contributed by atoms with Crippen LogP contribution < -0.4 is 11.1 Å². The van der Waals surface area contributed by atoms with Crippen molar-refractivity contribution in [1.82, 2.24) is 5.32 Å². The molecule has 3 N–H and O–H groups in total. The molecule has 2 aromatic rings. The van der Waals surface area contributed by atoms with Crippen molar-refractivity contribution < 1.29 is 9.59 Å². The summed E-state index contributed by atoms with van der Waals surface area (Å²) in [6.45, 7) is 0. The van der Waals surface area contributed by atoms with E-state index in [-0.39, 0.29) is 11.8 Å². The molecule has 0 heterocycles. The van der Waals surface area contributed by atoms with E-state index in [1.165, 1.54) is 0 Å². The Kier molecular flexibility index (Phi) is 5.71. The highest BCUT2D eigenvalue weighted by Crippen LogP contribution is 2.31. The zero-order valence-electron chi connectivity index (χ0n) is 15.0. The SMILES string of the molecule is NC(=O)C1(NC(=O)CC(c2ccccc2)c2ccccc2)CCCCC1. The third kappa shape index (κ3) is 4.13. The van der Waals surface area contributed by atoms with Crippen molar-refractivity contribution in [3.05, 3.63) is 71.8 Å². The second-order valence-corrected chi connectivity index (χ2v) is 7.13. The van der Waals surface area contributed by atoms with Crippen LogP contribution in [0, 0.1) is 0 Å². The molecule has 136 valence electrons. The minimum atomic E-state index is -0.882. The molecule has 2 amide bonds. The number of primary amides is 1. The van der Waals surface area contributed by atoms with Gasteiger partial charge in [-0.25, -0.2) is 0 Å². The molecular formula is C22H26N2O2. The second-order valence-electron chi connectivity index (χ2n) is 7.13. The van der Waals surface area contributed by atoms with Crippen LogP contribution in [-0.4, -0.2) is 17.4 Å². The molecule has 0 bridgehead atoms. The van der Waals surface area contributed by atoms with Gasteiger partial charge in [0.2, 0.25) is 11.8 Å². The Morgan fingerprint density at radius 1 is 0.885 bits per heavy atom. The van der Waals surface area contributed by atoms with E-state index < -0.39 is 11.4 Å². The van der Waals surface area contributed by atoms with Crippen LogP contribution in [0.15, 0.2) is 60.7 Å². The molecule has 3 rings (SSSR count). The molecule has 0 radical (unpaired) electrons. The third-order valence-corrected chi connectivity index (χ3v) is 5.35. The van der Waals surface area contributed by atoms with Gasteiger partial charge in [-0.05, 0) is 24.0 Å². The number of hydrogen-bond acceptors (Lipinski definition) is 2. The van der Waals surface area contributed by atoms with Crippen molar-refractivity contribution in [1.29, 1.82) is 0 Å². The van der Waals surface area contributed by atoms with E-state index in [1.807, 2.05) is 60.7 Å². The molecule has 0 aliphatic heterocycles. The number of nitrogens with two attached hydrogens (primary N) is 1. The first-order chi connectivity index (χ1) is 12.6. The number of carbonyl (C=O) groups excluding carboxylic acids is 2. The average Bonchev–Trinajstić information content (AvgIpc) is 2.68. The Balaban J connectivity index is 1.80. The summed E-state index contributed by atoms with van der Waals surface area (Å²) in [4.78, 5) is 24.9. The van der Waals surface area contributed by atoms with Crippen LogP contribution in [0.4, 0.5) is 0 Å². The largest absolute Gasteiger partial charge is 0.368 e. The average molecular weight is 350 g/mol. The first kappa shape index (κ1) is 18.2. The van der Waals surface area contributed by atoms with Crippen LogP contribution in [0.3, 0.4) is 0 Å². The van der Waals surface area contributed by atoms with Crippen LogP contribution in [0.5, 0.6) is 0 Å². The molecule has 26 heavy (non-hydrogen) atoms. The van der Waals surface area contributed by atoms with Gasteiger partial charge in [0.1, 0.15) is 5.54 Å². The molecule has 1 saturated carbocycles. The Hall–Kier alpha value is -2.62. The highest BCUT2D eigenvalue weighted by Gasteiger charge is 2.39. The topological polar surface area (TPSA) is 72.2 Å². The lowest BCUT2D eigenvalue weighted by atomic mass is 9.80. The first-order valence-electron chi connectivity index (χ1n) is 9.31. The van der Waals surface area contributed by atoms with Crippen molar-refractivity contribution in [2.75, 3.05) is 0 Å². The summed E-state index contributed by atoms with van der Waals surface area (Å²) in [6.07, 6.45) is 4.49. The summed E-state index contributed by atoms with van der Waals surface area (Å²) in [5, 5.41) is 2.99. The van der Waals surface area contributed by atoms with Crippen molar-refractivity contribution in [2.24, 2.45) is 5.73 Å². The summed E-state index contributed by atoms with van der Waals surface area (Å²) in [5.41, 5.74) is 6.95. The normalized spacial score (nSPS) is 16.2. The molecule has 1 fully saturated rings. The highest BCUT2D eigenvalue weighted by atomic mass is 16.2. The summed E-state index contributed by atoms with van der Waals surface area (Å²) in [6, 6.07) is 20.0. The molecule has 0 saturated heterocycles. The van der Waals surface area contributed by atoms with Gasteiger partial charge >= 0.3 is 0 Å². The number of nitrogens with one attached hydrogen (secondary N) is 1. The first-order valence-corrected chi connectivity index (χ1v) is 9.31. The summed E-state index contributed by atoms with van der Waals surface area (Å²) >= 11 is 0. The van der Waals surface area contributed by atoms with E-state index >= 15 is 0 Å². The van der Waals surface area contributed by atoms with E-state index in [0.717, 1.165) is 30.4 Å². The molecule has 0 atom stereocenters.